The van der Waals surface area contributed by atoms with Crippen molar-refractivity contribution in [3.05, 3.63) is 66.1 Å². The minimum atomic E-state index is -0.0704. The van der Waals surface area contributed by atoms with Crippen LogP contribution in [0.15, 0.2) is 54.7 Å². The highest BCUT2D eigenvalue weighted by Gasteiger charge is 2.22. The Morgan fingerprint density at radius 2 is 1.81 bits per heavy atom. The van der Waals surface area contributed by atoms with E-state index in [2.05, 4.69) is 33.5 Å². The van der Waals surface area contributed by atoms with E-state index in [0.29, 0.717) is 6.54 Å². The quantitative estimate of drug-likeness (QED) is 0.465. The number of aryl methyl sites for hydroxylation is 2. The molecule has 4 aromatic rings. The van der Waals surface area contributed by atoms with Crippen molar-refractivity contribution in [2.45, 2.75) is 39.3 Å². The Morgan fingerprint density at radius 3 is 2.53 bits per heavy atom. The van der Waals surface area contributed by atoms with Crippen LogP contribution in [0.3, 0.4) is 0 Å². The molecule has 1 aliphatic rings. The van der Waals surface area contributed by atoms with Gasteiger partial charge in [-0.2, -0.15) is 5.10 Å². The second kappa shape index (κ2) is 8.42. The van der Waals surface area contributed by atoms with Crippen LogP contribution in [0.1, 0.15) is 31.2 Å². The first-order valence-electron chi connectivity index (χ1n) is 11.0. The van der Waals surface area contributed by atoms with Gasteiger partial charge in [-0.15, -0.1) is 0 Å². The number of ether oxygens (including phenoxy) is 1. The minimum absolute atomic E-state index is 0.0704. The maximum atomic E-state index is 11.2. The maximum absolute atomic E-state index is 11.2. The van der Waals surface area contributed by atoms with Gasteiger partial charge in [0.15, 0.2) is 5.82 Å². The largest absolute Gasteiger partial charge is 0.497 e. The van der Waals surface area contributed by atoms with Crippen molar-refractivity contribution < 1.29 is 9.53 Å². The summed E-state index contributed by atoms with van der Waals surface area (Å²) in [6.45, 7) is 3.12. The lowest BCUT2D eigenvalue weighted by molar-refractivity contribution is -0.114. The van der Waals surface area contributed by atoms with Crippen LogP contribution in [0, 0.1) is 0 Å². The van der Waals surface area contributed by atoms with Gasteiger partial charge in [0, 0.05) is 42.2 Å². The second-order valence-electron chi connectivity index (χ2n) is 8.16. The summed E-state index contributed by atoms with van der Waals surface area (Å²) in [4.78, 5) is 11.2. The van der Waals surface area contributed by atoms with Crippen LogP contribution in [0.25, 0.3) is 16.8 Å². The predicted molar refractivity (Wildman–Crippen MR) is 126 cm³/mol. The van der Waals surface area contributed by atoms with E-state index in [4.69, 9.17) is 9.84 Å². The first kappa shape index (κ1) is 20.2. The summed E-state index contributed by atoms with van der Waals surface area (Å²) in [6, 6.07) is 16.0. The predicted octanol–water partition coefficient (Wildman–Crippen LogP) is 4.72. The Hall–Kier alpha value is -3.74. The average Bonchev–Trinajstić information content (AvgIpc) is 3.22. The molecule has 0 bridgehead atoms. The van der Waals surface area contributed by atoms with Gasteiger partial charge in [-0.1, -0.05) is 12.1 Å². The van der Waals surface area contributed by atoms with Gasteiger partial charge in [-0.05, 0) is 61.2 Å². The van der Waals surface area contributed by atoms with Crippen LogP contribution in [0.4, 0.5) is 11.4 Å². The van der Waals surface area contributed by atoms with Crippen molar-refractivity contribution >= 4 is 22.9 Å². The molecule has 32 heavy (non-hydrogen) atoms. The Kier molecular flexibility index (Phi) is 5.31. The van der Waals surface area contributed by atoms with Crippen molar-refractivity contribution in [1.29, 1.82) is 0 Å². The first-order chi connectivity index (χ1) is 15.6. The van der Waals surface area contributed by atoms with Crippen LogP contribution in [-0.2, 0) is 24.3 Å². The molecule has 0 saturated carbocycles. The summed E-state index contributed by atoms with van der Waals surface area (Å²) in [7, 11) is 1.69. The molecule has 0 fully saturated rings. The van der Waals surface area contributed by atoms with E-state index < -0.39 is 0 Å². The Labute approximate surface area is 187 Å². The molecule has 0 radical (unpaired) electrons. The number of methoxy groups -OCH3 is 1. The van der Waals surface area contributed by atoms with Crippen LogP contribution in [0.2, 0.25) is 0 Å². The standard InChI is InChI=1S/C25H27N5O2/c1-17(31)27-20-10-8-19(9-11-20)26-15-24-28-30-16-23(18-6-12-21(32-2)13-7-18)22-5-3-4-14-29(24)25(22)30/h6-13,16,26H,3-5,14-15H2,1-2H3,(H,27,31). The van der Waals surface area contributed by atoms with Crippen molar-refractivity contribution in [3.8, 4) is 16.9 Å². The third-order valence-corrected chi connectivity index (χ3v) is 5.97. The molecule has 2 N–H and O–H groups in total. The van der Waals surface area contributed by atoms with Gasteiger partial charge < -0.3 is 19.9 Å². The number of nitrogens with zero attached hydrogens (tertiary/aromatic N) is 3. The lowest BCUT2D eigenvalue weighted by atomic mass is 10.0. The van der Waals surface area contributed by atoms with E-state index in [1.54, 1.807) is 7.11 Å². The zero-order chi connectivity index (χ0) is 22.1. The molecule has 5 rings (SSSR count). The molecule has 2 aromatic heterocycles. The molecular weight excluding hydrogens is 402 g/mol. The van der Waals surface area contributed by atoms with E-state index >= 15 is 0 Å². The molecule has 1 aliphatic heterocycles. The molecule has 0 atom stereocenters. The van der Waals surface area contributed by atoms with Crippen molar-refractivity contribution in [2.75, 3.05) is 17.7 Å². The minimum Gasteiger partial charge on any atom is -0.497 e. The van der Waals surface area contributed by atoms with E-state index in [1.807, 2.05) is 40.9 Å². The van der Waals surface area contributed by atoms with E-state index in [1.165, 1.54) is 35.7 Å². The summed E-state index contributed by atoms with van der Waals surface area (Å²) in [5.74, 6) is 1.82. The summed E-state index contributed by atoms with van der Waals surface area (Å²) >= 11 is 0. The zero-order valence-electron chi connectivity index (χ0n) is 18.4. The van der Waals surface area contributed by atoms with E-state index in [9.17, 15) is 4.79 Å². The van der Waals surface area contributed by atoms with Crippen LogP contribution in [-0.4, -0.2) is 27.2 Å². The number of rotatable bonds is 6. The highest BCUT2D eigenvalue weighted by atomic mass is 16.5. The van der Waals surface area contributed by atoms with Gasteiger partial charge in [-0.25, -0.2) is 4.52 Å². The van der Waals surface area contributed by atoms with Gasteiger partial charge in [0.2, 0.25) is 5.91 Å². The van der Waals surface area contributed by atoms with Crippen LogP contribution >= 0.6 is 0 Å². The lowest BCUT2D eigenvalue weighted by Crippen LogP contribution is -2.09. The van der Waals surface area contributed by atoms with Crippen molar-refractivity contribution in [2.24, 2.45) is 0 Å². The molecule has 3 heterocycles. The third-order valence-electron chi connectivity index (χ3n) is 5.97. The highest BCUT2D eigenvalue weighted by Crippen LogP contribution is 2.33. The third kappa shape index (κ3) is 3.82. The number of benzene rings is 2. The number of anilines is 2. The second-order valence-corrected chi connectivity index (χ2v) is 8.16. The smallest absolute Gasteiger partial charge is 0.221 e. The number of carbonyl (C=O) groups excluding carboxylic acids is 1. The van der Waals surface area contributed by atoms with Crippen LogP contribution in [0.5, 0.6) is 5.75 Å². The van der Waals surface area contributed by atoms with Gasteiger partial charge in [0.05, 0.1) is 13.7 Å². The fourth-order valence-corrected chi connectivity index (χ4v) is 4.44. The normalized spacial score (nSPS) is 13.1. The first-order valence-corrected chi connectivity index (χ1v) is 11.0. The summed E-state index contributed by atoms with van der Waals surface area (Å²) in [5, 5.41) is 11.2. The number of nitrogens with one attached hydrogen (secondary N) is 2. The van der Waals surface area contributed by atoms with Crippen LogP contribution < -0.4 is 15.4 Å². The summed E-state index contributed by atoms with van der Waals surface area (Å²) < 4.78 is 9.71. The van der Waals surface area contributed by atoms with Crippen molar-refractivity contribution in [1.82, 2.24) is 14.2 Å². The molecule has 1 amide bonds. The maximum Gasteiger partial charge on any atom is 0.221 e. The molecule has 164 valence electrons. The van der Waals surface area contributed by atoms with Gasteiger partial charge in [-0.3, -0.25) is 4.79 Å². The summed E-state index contributed by atoms with van der Waals surface area (Å²) in [6.07, 6.45) is 5.52. The molecule has 0 unspecified atom stereocenters. The molecule has 0 saturated heterocycles. The molecule has 2 aromatic carbocycles. The van der Waals surface area contributed by atoms with E-state index in [0.717, 1.165) is 42.3 Å². The van der Waals surface area contributed by atoms with Gasteiger partial charge in [0.25, 0.3) is 0 Å². The number of amides is 1. The SMILES string of the molecule is COc1ccc(-c2cn3nc(CNc4ccc(NC(C)=O)cc4)n4c3c2CCCC4)cc1. The Morgan fingerprint density at radius 1 is 1.06 bits per heavy atom. The molecule has 0 spiro atoms. The Balaban J connectivity index is 1.42. The Bertz CT molecular complexity index is 1250. The lowest BCUT2D eigenvalue weighted by Gasteiger charge is -2.10. The van der Waals surface area contributed by atoms with Crippen molar-refractivity contribution in [3.63, 3.8) is 0 Å². The number of hydrogen-bond acceptors (Lipinski definition) is 4. The van der Waals surface area contributed by atoms with E-state index in [-0.39, 0.29) is 5.91 Å². The molecular formula is C25H27N5O2. The van der Waals surface area contributed by atoms with Gasteiger partial charge in [0.1, 0.15) is 11.4 Å². The molecule has 7 nitrogen and oxygen atoms in total. The average molecular weight is 430 g/mol. The monoisotopic (exact) mass is 429 g/mol. The number of aromatic nitrogens is 3. The number of hydrogen-bond donors (Lipinski definition) is 2. The number of carbonyl (C=O) groups is 1. The topological polar surface area (TPSA) is 72.6 Å². The highest BCUT2D eigenvalue weighted by molar-refractivity contribution is 5.88. The zero-order valence-corrected chi connectivity index (χ0v) is 18.4. The van der Waals surface area contributed by atoms with Gasteiger partial charge >= 0.3 is 0 Å². The molecule has 0 aliphatic carbocycles. The summed E-state index contributed by atoms with van der Waals surface area (Å²) in [5.41, 5.74) is 6.79. The fraction of sp³-hybridized carbons (Fsp3) is 0.280. The molecule has 7 heteroatoms. The fourth-order valence-electron chi connectivity index (χ4n) is 4.44.